The lowest BCUT2D eigenvalue weighted by molar-refractivity contribution is 0.0697. The van der Waals surface area contributed by atoms with Gasteiger partial charge in [0, 0.05) is 18.2 Å². The largest absolute Gasteiger partial charge is 0.493 e. The van der Waals surface area contributed by atoms with Crippen LogP contribution in [0.15, 0.2) is 12.1 Å². The molecule has 0 atom stereocenters. The first-order valence-corrected chi connectivity index (χ1v) is 4.81. The molecule has 2 N–H and O–H groups in total. The number of ether oxygens (including phenoxy) is 2. The number of hydrogen-bond acceptors (Lipinski definition) is 4. The number of carbonyl (C=O) groups is 1. The second-order valence-electron chi connectivity index (χ2n) is 3.06. The molecule has 0 aliphatic heterocycles. The van der Waals surface area contributed by atoms with E-state index in [1.165, 1.54) is 26.4 Å². The Labute approximate surface area is 99.4 Å². The first kappa shape index (κ1) is 12.7. The topological polar surface area (TPSA) is 67.8 Å². The summed E-state index contributed by atoms with van der Waals surface area (Å²) >= 11 is 0. The number of benzene rings is 1. The molecule has 0 amide bonds. The van der Waals surface area contributed by atoms with Crippen LogP contribution in [-0.4, -0.2) is 25.3 Å². The lowest BCUT2D eigenvalue weighted by Gasteiger charge is -2.11. The molecule has 1 rings (SSSR count). The number of rotatable bonds is 4. The van der Waals surface area contributed by atoms with Crippen LogP contribution in [0.2, 0.25) is 0 Å². The molecule has 17 heavy (non-hydrogen) atoms. The molecule has 1 aromatic carbocycles. The zero-order valence-electron chi connectivity index (χ0n) is 9.83. The maximum Gasteiger partial charge on any atom is 0.337 e. The van der Waals surface area contributed by atoms with E-state index in [1.807, 2.05) is 0 Å². The van der Waals surface area contributed by atoms with Crippen LogP contribution in [0.25, 0.3) is 0 Å². The number of methoxy groups -OCH3 is 2. The molecule has 0 aromatic heterocycles. The molecule has 0 bridgehead atoms. The van der Waals surface area contributed by atoms with Gasteiger partial charge in [0.2, 0.25) is 0 Å². The van der Waals surface area contributed by atoms with Crippen molar-refractivity contribution in [3.63, 3.8) is 0 Å². The number of nitrogens with one attached hydrogen (secondary N) is 1. The molecule has 0 radical (unpaired) electrons. The monoisotopic (exact) mass is 235 g/mol. The van der Waals surface area contributed by atoms with Gasteiger partial charge in [-0.05, 0) is 6.92 Å². The summed E-state index contributed by atoms with van der Waals surface area (Å²) in [7, 11) is 2.93. The van der Waals surface area contributed by atoms with Crippen LogP contribution in [-0.2, 0) is 0 Å². The smallest absolute Gasteiger partial charge is 0.337 e. The van der Waals surface area contributed by atoms with Gasteiger partial charge in [-0.15, -0.1) is 0 Å². The molecule has 1 aromatic rings. The summed E-state index contributed by atoms with van der Waals surface area (Å²) in [5, 5.41) is 11.8. The number of anilines is 1. The maximum atomic E-state index is 11.1. The Balaban J connectivity index is 3.32. The molecule has 0 aliphatic carbocycles. The average Bonchev–Trinajstić information content (AvgIpc) is 2.34. The van der Waals surface area contributed by atoms with Gasteiger partial charge in [0.1, 0.15) is 0 Å². The van der Waals surface area contributed by atoms with Crippen molar-refractivity contribution in [3.05, 3.63) is 17.7 Å². The molecule has 0 spiro atoms. The van der Waals surface area contributed by atoms with Crippen LogP contribution in [0.5, 0.6) is 11.5 Å². The standard InChI is InChI=1S/C12H13NO4/c1-4-5-13-9-7-11(17-3)10(16-2)6-8(9)12(14)15/h6-7,13H,1-3H3,(H,14,15). The van der Waals surface area contributed by atoms with Gasteiger partial charge in [0.15, 0.2) is 11.5 Å². The van der Waals surface area contributed by atoms with E-state index < -0.39 is 5.97 Å². The van der Waals surface area contributed by atoms with E-state index in [1.54, 1.807) is 6.92 Å². The van der Waals surface area contributed by atoms with Crippen molar-refractivity contribution in [2.75, 3.05) is 19.5 Å². The van der Waals surface area contributed by atoms with E-state index >= 15 is 0 Å². The SMILES string of the molecule is CC#CNc1cc(OC)c(OC)cc1C(=O)O. The molecule has 90 valence electrons. The lowest BCUT2D eigenvalue weighted by Crippen LogP contribution is -2.04. The minimum atomic E-state index is -1.06. The number of aromatic carboxylic acids is 1. The van der Waals surface area contributed by atoms with Gasteiger partial charge >= 0.3 is 5.97 Å². The van der Waals surface area contributed by atoms with Crippen LogP contribution < -0.4 is 14.8 Å². The van der Waals surface area contributed by atoms with Crippen molar-refractivity contribution in [1.82, 2.24) is 0 Å². The van der Waals surface area contributed by atoms with Gasteiger partial charge < -0.3 is 19.9 Å². The van der Waals surface area contributed by atoms with Crippen molar-refractivity contribution in [2.24, 2.45) is 0 Å². The molecule has 5 nitrogen and oxygen atoms in total. The van der Waals surface area contributed by atoms with Crippen molar-refractivity contribution >= 4 is 11.7 Å². The second kappa shape index (κ2) is 5.66. The zero-order chi connectivity index (χ0) is 12.8. The van der Waals surface area contributed by atoms with Gasteiger partial charge in [0.05, 0.1) is 25.5 Å². The van der Waals surface area contributed by atoms with Crippen LogP contribution in [0.4, 0.5) is 5.69 Å². The van der Waals surface area contributed by atoms with E-state index in [2.05, 4.69) is 17.3 Å². The minimum Gasteiger partial charge on any atom is -0.493 e. The molecule has 0 saturated heterocycles. The minimum absolute atomic E-state index is 0.0744. The summed E-state index contributed by atoms with van der Waals surface area (Å²) in [6, 6.07) is 5.51. The second-order valence-corrected chi connectivity index (χ2v) is 3.06. The van der Waals surface area contributed by atoms with Gasteiger partial charge in [0.25, 0.3) is 0 Å². The van der Waals surface area contributed by atoms with E-state index in [4.69, 9.17) is 14.6 Å². The van der Waals surface area contributed by atoms with Gasteiger partial charge in [-0.1, -0.05) is 5.92 Å². The zero-order valence-corrected chi connectivity index (χ0v) is 9.83. The quantitative estimate of drug-likeness (QED) is 0.615. The normalized spacial score (nSPS) is 8.88. The number of carboxylic acid groups (broad SMARTS) is 1. The predicted molar refractivity (Wildman–Crippen MR) is 63.6 cm³/mol. The highest BCUT2D eigenvalue weighted by Crippen LogP contribution is 2.33. The van der Waals surface area contributed by atoms with E-state index in [0.29, 0.717) is 17.2 Å². The van der Waals surface area contributed by atoms with E-state index in [9.17, 15) is 4.79 Å². The lowest BCUT2D eigenvalue weighted by atomic mass is 10.1. The molecule has 0 fully saturated rings. The Morgan fingerprint density at radius 2 is 1.88 bits per heavy atom. The fraction of sp³-hybridized carbons (Fsp3) is 0.250. The molecule has 0 aliphatic rings. The fourth-order valence-corrected chi connectivity index (χ4v) is 1.29. The Bertz CT molecular complexity index is 485. The first-order valence-electron chi connectivity index (χ1n) is 4.81. The van der Waals surface area contributed by atoms with Crippen molar-refractivity contribution < 1.29 is 19.4 Å². The van der Waals surface area contributed by atoms with Crippen LogP contribution in [0.1, 0.15) is 17.3 Å². The fourth-order valence-electron chi connectivity index (χ4n) is 1.29. The predicted octanol–water partition coefficient (Wildman–Crippen LogP) is 1.79. The van der Waals surface area contributed by atoms with E-state index in [0.717, 1.165) is 0 Å². The van der Waals surface area contributed by atoms with Gasteiger partial charge in [-0.25, -0.2) is 4.79 Å². The van der Waals surface area contributed by atoms with Crippen molar-refractivity contribution in [3.8, 4) is 23.5 Å². The molecular formula is C12H13NO4. The van der Waals surface area contributed by atoms with Crippen molar-refractivity contribution in [2.45, 2.75) is 6.92 Å². The Hall–Kier alpha value is -2.35. The third-order valence-electron chi connectivity index (χ3n) is 2.08. The average molecular weight is 235 g/mol. The number of hydrogen-bond donors (Lipinski definition) is 2. The summed E-state index contributed by atoms with van der Waals surface area (Å²) in [5.74, 6) is 2.36. The van der Waals surface area contributed by atoms with E-state index in [-0.39, 0.29) is 5.56 Å². The summed E-state index contributed by atoms with van der Waals surface area (Å²) in [4.78, 5) is 11.1. The van der Waals surface area contributed by atoms with Crippen LogP contribution in [0, 0.1) is 12.0 Å². The highest BCUT2D eigenvalue weighted by Gasteiger charge is 2.15. The van der Waals surface area contributed by atoms with Crippen LogP contribution >= 0.6 is 0 Å². The Morgan fingerprint density at radius 3 is 2.35 bits per heavy atom. The first-order chi connectivity index (χ1) is 8.13. The van der Waals surface area contributed by atoms with Crippen molar-refractivity contribution in [1.29, 1.82) is 0 Å². The molecule has 0 unspecified atom stereocenters. The summed E-state index contributed by atoms with van der Waals surface area (Å²) < 4.78 is 10.1. The molecule has 5 heteroatoms. The molecule has 0 saturated carbocycles. The number of carboxylic acids is 1. The third-order valence-corrected chi connectivity index (χ3v) is 2.08. The van der Waals surface area contributed by atoms with Crippen LogP contribution in [0.3, 0.4) is 0 Å². The Morgan fingerprint density at radius 1 is 1.29 bits per heavy atom. The highest BCUT2D eigenvalue weighted by molar-refractivity contribution is 5.95. The Kier molecular flexibility index (Phi) is 4.23. The maximum absolute atomic E-state index is 11.1. The van der Waals surface area contributed by atoms with Gasteiger partial charge in [-0.2, -0.15) is 0 Å². The third kappa shape index (κ3) is 2.82. The summed E-state index contributed by atoms with van der Waals surface area (Å²) in [5.41, 5.74) is 0.440. The summed E-state index contributed by atoms with van der Waals surface area (Å²) in [6.45, 7) is 1.65. The molecular weight excluding hydrogens is 222 g/mol. The molecule has 0 heterocycles. The highest BCUT2D eigenvalue weighted by atomic mass is 16.5. The van der Waals surface area contributed by atoms with Gasteiger partial charge in [-0.3, -0.25) is 0 Å². The summed E-state index contributed by atoms with van der Waals surface area (Å²) in [6.07, 6.45) is 0.